The van der Waals surface area contributed by atoms with Gasteiger partial charge >= 0.3 is 0 Å². The van der Waals surface area contributed by atoms with Gasteiger partial charge in [0, 0.05) is 68.8 Å². The first-order valence-electron chi connectivity index (χ1n) is 13.7. The summed E-state index contributed by atoms with van der Waals surface area (Å²) in [6.07, 6.45) is 5.69. The highest BCUT2D eigenvalue weighted by Crippen LogP contribution is 2.32. The summed E-state index contributed by atoms with van der Waals surface area (Å²) in [6, 6.07) is 20.9. The van der Waals surface area contributed by atoms with E-state index in [2.05, 4.69) is 90.9 Å². The molecule has 0 bridgehead atoms. The maximum atomic E-state index is 5.00. The van der Waals surface area contributed by atoms with Crippen molar-refractivity contribution in [2.75, 3.05) is 38.1 Å². The molecule has 1 aliphatic heterocycles. The van der Waals surface area contributed by atoms with Crippen LogP contribution in [0.15, 0.2) is 79.3 Å². The molecule has 200 valence electrons. The maximum Gasteiger partial charge on any atom is 0.159 e. The SMILES string of the molecule is CN1CCN(c2nccc3[nH]c(-c4n[nH]c5ccc(-c6cncc(CNCc7ccccc7)c6)cc45)nc23)CC1. The van der Waals surface area contributed by atoms with Crippen molar-refractivity contribution < 1.29 is 0 Å². The highest BCUT2D eigenvalue weighted by molar-refractivity contribution is 5.97. The van der Waals surface area contributed by atoms with Crippen molar-refractivity contribution >= 4 is 27.8 Å². The molecule has 3 N–H and O–H groups in total. The van der Waals surface area contributed by atoms with Crippen LogP contribution in [0.25, 0.3) is 44.6 Å². The summed E-state index contributed by atoms with van der Waals surface area (Å²) in [5.74, 6) is 1.66. The Hall–Kier alpha value is -4.60. The monoisotopic (exact) mass is 529 g/mol. The molecule has 1 fully saturated rings. The standard InChI is InChI=1S/C31H31N9/c1-39-11-13-40(14-12-39)31-29-27(9-10-34-31)35-30(36-29)28-25-16-23(7-8-26(25)37-38-28)24-15-22(19-33-20-24)18-32-17-21-5-3-2-4-6-21/h2-10,15-16,19-20,32H,11-14,17-18H2,1H3,(H,35,36)(H,37,38). The molecule has 0 saturated carbocycles. The Balaban J connectivity index is 1.17. The summed E-state index contributed by atoms with van der Waals surface area (Å²) >= 11 is 0. The minimum absolute atomic E-state index is 0.735. The third-order valence-electron chi connectivity index (χ3n) is 7.60. The van der Waals surface area contributed by atoms with Crippen LogP contribution in [0.3, 0.4) is 0 Å². The summed E-state index contributed by atoms with van der Waals surface area (Å²) in [6.45, 7) is 5.47. The first-order chi connectivity index (χ1) is 19.7. The number of piperazine rings is 1. The Labute approximate surface area is 232 Å². The van der Waals surface area contributed by atoms with Gasteiger partial charge in [-0.1, -0.05) is 36.4 Å². The van der Waals surface area contributed by atoms with Crippen molar-refractivity contribution in [3.63, 3.8) is 0 Å². The minimum atomic E-state index is 0.735. The Morgan fingerprint density at radius 1 is 0.850 bits per heavy atom. The van der Waals surface area contributed by atoms with E-state index >= 15 is 0 Å². The number of rotatable bonds is 7. The van der Waals surface area contributed by atoms with E-state index in [9.17, 15) is 0 Å². The molecule has 9 nitrogen and oxygen atoms in total. The first kappa shape index (κ1) is 24.4. The van der Waals surface area contributed by atoms with Crippen molar-refractivity contribution in [1.29, 1.82) is 0 Å². The average molecular weight is 530 g/mol. The fourth-order valence-electron chi connectivity index (χ4n) is 5.35. The lowest BCUT2D eigenvalue weighted by Crippen LogP contribution is -2.44. The highest BCUT2D eigenvalue weighted by Gasteiger charge is 2.21. The molecule has 4 aromatic heterocycles. The lowest BCUT2D eigenvalue weighted by Gasteiger charge is -2.33. The molecule has 1 saturated heterocycles. The van der Waals surface area contributed by atoms with Crippen LogP contribution in [-0.2, 0) is 13.1 Å². The van der Waals surface area contributed by atoms with Crippen molar-refractivity contribution in [1.82, 2.24) is 40.3 Å². The first-order valence-corrected chi connectivity index (χ1v) is 13.7. The van der Waals surface area contributed by atoms with Gasteiger partial charge in [-0.15, -0.1) is 0 Å². The van der Waals surface area contributed by atoms with Gasteiger partial charge in [-0.05, 0) is 48.0 Å². The van der Waals surface area contributed by atoms with E-state index in [-0.39, 0.29) is 0 Å². The van der Waals surface area contributed by atoms with Crippen molar-refractivity contribution in [3.8, 4) is 22.6 Å². The number of fused-ring (bicyclic) bond motifs is 2. The van der Waals surface area contributed by atoms with Gasteiger partial charge in [-0.2, -0.15) is 5.10 Å². The summed E-state index contributed by atoms with van der Waals surface area (Å²) in [4.78, 5) is 22.4. The van der Waals surface area contributed by atoms with Crippen LogP contribution in [0.5, 0.6) is 0 Å². The highest BCUT2D eigenvalue weighted by atomic mass is 15.3. The van der Waals surface area contributed by atoms with E-state index in [4.69, 9.17) is 9.97 Å². The third-order valence-corrected chi connectivity index (χ3v) is 7.60. The lowest BCUT2D eigenvalue weighted by atomic mass is 10.0. The van der Waals surface area contributed by atoms with Gasteiger partial charge in [-0.3, -0.25) is 10.1 Å². The van der Waals surface area contributed by atoms with Crippen LogP contribution in [-0.4, -0.2) is 68.3 Å². The largest absolute Gasteiger partial charge is 0.352 e. The number of aromatic amines is 2. The second kappa shape index (κ2) is 10.5. The molecule has 2 aromatic carbocycles. The van der Waals surface area contributed by atoms with Crippen molar-refractivity contribution in [3.05, 3.63) is 90.4 Å². The number of aromatic nitrogens is 6. The number of hydrogen-bond donors (Lipinski definition) is 3. The Morgan fingerprint density at radius 3 is 2.58 bits per heavy atom. The number of benzene rings is 2. The number of anilines is 1. The second-order valence-corrected chi connectivity index (χ2v) is 10.4. The molecule has 6 aromatic rings. The minimum Gasteiger partial charge on any atom is -0.352 e. The molecule has 0 aliphatic carbocycles. The van der Waals surface area contributed by atoms with Crippen LogP contribution in [0.2, 0.25) is 0 Å². The van der Waals surface area contributed by atoms with Gasteiger partial charge in [0.1, 0.15) is 11.2 Å². The maximum absolute atomic E-state index is 5.00. The molecule has 0 unspecified atom stereocenters. The van der Waals surface area contributed by atoms with Gasteiger partial charge in [-0.25, -0.2) is 9.97 Å². The predicted molar refractivity (Wildman–Crippen MR) is 159 cm³/mol. The van der Waals surface area contributed by atoms with Crippen LogP contribution in [0.1, 0.15) is 11.1 Å². The van der Waals surface area contributed by atoms with E-state index in [0.717, 1.165) is 95.2 Å². The molecule has 7 rings (SSSR count). The van der Waals surface area contributed by atoms with E-state index in [1.807, 2.05) is 30.7 Å². The molecule has 9 heteroatoms. The molecule has 40 heavy (non-hydrogen) atoms. The topological polar surface area (TPSA) is 102 Å². The molecule has 0 atom stereocenters. The molecule has 0 spiro atoms. The Morgan fingerprint density at radius 2 is 1.70 bits per heavy atom. The van der Waals surface area contributed by atoms with E-state index in [0.29, 0.717) is 0 Å². The molecule has 0 radical (unpaired) electrons. The van der Waals surface area contributed by atoms with Crippen molar-refractivity contribution in [2.24, 2.45) is 0 Å². The van der Waals surface area contributed by atoms with Crippen molar-refractivity contribution in [2.45, 2.75) is 13.1 Å². The normalized spacial score (nSPS) is 14.4. The average Bonchev–Trinajstić information content (AvgIpc) is 3.62. The molecule has 5 heterocycles. The second-order valence-electron chi connectivity index (χ2n) is 10.4. The quantitative estimate of drug-likeness (QED) is 0.278. The molecule has 0 amide bonds. The van der Waals surface area contributed by atoms with Gasteiger partial charge in [0.05, 0.1) is 11.0 Å². The summed E-state index contributed by atoms with van der Waals surface area (Å²) in [5.41, 5.74) is 8.17. The predicted octanol–water partition coefficient (Wildman–Crippen LogP) is 4.60. The summed E-state index contributed by atoms with van der Waals surface area (Å²) in [7, 11) is 2.16. The van der Waals surface area contributed by atoms with E-state index in [1.54, 1.807) is 0 Å². The van der Waals surface area contributed by atoms with Crippen LogP contribution in [0, 0.1) is 0 Å². The number of nitrogens with one attached hydrogen (secondary N) is 3. The summed E-state index contributed by atoms with van der Waals surface area (Å²) in [5, 5.41) is 12.4. The number of pyridine rings is 2. The molecular formula is C31H31N9. The zero-order chi connectivity index (χ0) is 26.9. The lowest BCUT2D eigenvalue weighted by molar-refractivity contribution is 0.312. The smallest absolute Gasteiger partial charge is 0.159 e. The third kappa shape index (κ3) is 4.81. The van der Waals surface area contributed by atoms with Crippen LogP contribution < -0.4 is 10.2 Å². The van der Waals surface area contributed by atoms with E-state index in [1.165, 1.54) is 5.56 Å². The van der Waals surface area contributed by atoms with Crippen LogP contribution in [0.4, 0.5) is 5.82 Å². The summed E-state index contributed by atoms with van der Waals surface area (Å²) < 4.78 is 0. The number of imidazole rings is 1. The fraction of sp³-hybridized carbons (Fsp3) is 0.226. The number of H-pyrrole nitrogens is 2. The fourth-order valence-corrected chi connectivity index (χ4v) is 5.35. The van der Waals surface area contributed by atoms with Crippen LogP contribution >= 0.6 is 0 Å². The number of nitrogens with zero attached hydrogens (tertiary/aromatic N) is 6. The number of likely N-dealkylation sites (N-methyl/N-ethyl adjacent to an activating group) is 1. The van der Waals surface area contributed by atoms with Gasteiger partial charge in [0.15, 0.2) is 11.6 Å². The van der Waals surface area contributed by atoms with E-state index < -0.39 is 0 Å². The Bertz CT molecular complexity index is 1760. The zero-order valence-corrected chi connectivity index (χ0v) is 22.4. The van der Waals surface area contributed by atoms with Gasteiger partial charge in [0.2, 0.25) is 0 Å². The Kier molecular flexibility index (Phi) is 6.43. The molecular weight excluding hydrogens is 498 g/mol. The number of hydrogen-bond acceptors (Lipinski definition) is 7. The van der Waals surface area contributed by atoms with Gasteiger partial charge < -0.3 is 20.1 Å². The zero-order valence-electron chi connectivity index (χ0n) is 22.4. The van der Waals surface area contributed by atoms with Gasteiger partial charge in [0.25, 0.3) is 0 Å². The molecule has 1 aliphatic rings.